The summed E-state index contributed by atoms with van der Waals surface area (Å²) < 4.78 is 5.51. The zero-order chi connectivity index (χ0) is 28.4. The first-order valence-electron chi connectivity index (χ1n) is 14.3. The summed E-state index contributed by atoms with van der Waals surface area (Å²) in [6.45, 7) is 7.33. The molecule has 1 unspecified atom stereocenters. The Labute approximate surface area is 235 Å². The number of benzene rings is 1. The van der Waals surface area contributed by atoms with Crippen molar-refractivity contribution in [2.75, 3.05) is 26.2 Å². The van der Waals surface area contributed by atoms with Crippen LogP contribution < -0.4 is 0 Å². The lowest BCUT2D eigenvalue weighted by atomic mass is 10.0. The molecule has 1 aliphatic carbocycles. The van der Waals surface area contributed by atoms with Gasteiger partial charge in [-0.05, 0) is 71.4 Å². The van der Waals surface area contributed by atoms with Crippen LogP contribution in [0.4, 0.5) is 4.79 Å². The van der Waals surface area contributed by atoms with Gasteiger partial charge in [-0.15, -0.1) is 0 Å². The second-order valence-corrected chi connectivity index (χ2v) is 12.0. The highest BCUT2D eigenvalue weighted by Crippen LogP contribution is 2.33. The van der Waals surface area contributed by atoms with Crippen LogP contribution in [0.3, 0.4) is 0 Å². The van der Waals surface area contributed by atoms with E-state index in [1.165, 1.54) is 0 Å². The predicted octanol–water partition coefficient (Wildman–Crippen LogP) is 3.74. The summed E-state index contributed by atoms with van der Waals surface area (Å²) in [6.07, 6.45) is 7.96. The Bertz CT molecular complexity index is 1210. The lowest BCUT2D eigenvalue weighted by molar-refractivity contribution is 0.0142. The molecule has 0 spiro atoms. The SMILES string of the molecule is CC(C)(C)OC(=O)N1CCC(N(C(=O)c2cnc(-c3ccc(C(=O)N4CCCC4CO)cc3)nc2)C2CC2)CC1. The molecule has 3 amide bonds. The average molecular weight is 550 g/mol. The normalized spacial score (nSPS) is 19.9. The summed E-state index contributed by atoms with van der Waals surface area (Å²) >= 11 is 0. The van der Waals surface area contributed by atoms with Crippen LogP contribution in [0.25, 0.3) is 11.4 Å². The molecule has 1 atom stereocenters. The molecule has 40 heavy (non-hydrogen) atoms. The Morgan fingerprint density at radius 3 is 2.12 bits per heavy atom. The van der Waals surface area contributed by atoms with Crippen molar-refractivity contribution in [3.05, 3.63) is 47.8 Å². The summed E-state index contributed by atoms with van der Waals surface area (Å²) in [7, 11) is 0. The minimum absolute atomic E-state index is 0.0216. The number of hydrogen-bond donors (Lipinski definition) is 1. The van der Waals surface area contributed by atoms with E-state index in [0.29, 0.717) is 49.4 Å². The molecule has 2 saturated heterocycles. The van der Waals surface area contributed by atoms with E-state index < -0.39 is 5.60 Å². The minimum Gasteiger partial charge on any atom is -0.444 e. The molecule has 3 fully saturated rings. The molecule has 3 aliphatic rings. The monoisotopic (exact) mass is 549 g/mol. The zero-order valence-corrected chi connectivity index (χ0v) is 23.6. The van der Waals surface area contributed by atoms with Gasteiger partial charge in [0.05, 0.1) is 18.2 Å². The number of amides is 3. The smallest absolute Gasteiger partial charge is 0.410 e. The number of carbonyl (C=O) groups excluding carboxylic acids is 3. The van der Waals surface area contributed by atoms with E-state index in [1.54, 1.807) is 34.3 Å². The van der Waals surface area contributed by atoms with E-state index >= 15 is 0 Å². The molecule has 1 saturated carbocycles. The summed E-state index contributed by atoms with van der Waals surface area (Å²) in [5.74, 6) is 0.324. The van der Waals surface area contributed by atoms with Gasteiger partial charge in [0.1, 0.15) is 5.60 Å². The fraction of sp³-hybridized carbons (Fsp3) is 0.567. The molecule has 1 N–H and O–H groups in total. The van der Waals surface area contributed by atoms with Crippen molar-refractivity contribution in [1.82, 2.24) is 24.7 Å². The number of piperidine rings is 1. The van der Waals surface area contributed by atoms with Gasteiger partial charge in [0, 0.05) is 55.2 Å². The van der Waals surface area contributed by atoms with Crippen molar-refractivity contribution in [2.45, 2.75) is 83.0 Å². The first kappa shape index (κ1) is 28.0. The number of likely N-dealkylation sites (tertiary alicyclic amines) is 2. The minimum atomic E-state index is -0.535. The van der Waals surface area contributed by atoms with E-state index in [-0.39, 0.29) is 42.6 Å². The summed E-state index contributed by atoms with van der Waals surface area (Å²) in [5.41, 5.74) is 1.23. The quantitative estimate of drug-likeness (QED) is 0.583. The molecule has 3 heterocycles. The number of nitrogens with zero attached hydrogens (tertiary/aromatic N) is 5. The molecule has 1 aromatic carbocycles. The molecule has 1 aromatic heterocycles. The first-order chi connectivity index (χ1) is 19.1. The Balaban J connectivity index is 1.22. The number of carbonyl (C=O) groups is 3. The Morgan fingerprint density at radius 1 is 0.925 bits per heavy atom. The maximum absolute atomic E-state index is 13.6. The van der Waals surface area contributed by atoms with Crippen molar-refractivity contribution >= 4 is 17.9 Å². The van der Waals surface area contributed by atoms with Crippen LogP contribution in [0.1, 0.15) is 80.0 Å². The third kappa shape index (κ3) is 6.27. The Hall–Kier alpha value is -3.53. The maximum atomic E-state index is 13.6. The lowest BCUT2D eigenvalue weighted by Gasteiger charge is -2.39. The van der Waals surface area contributed by atoms with Crippen molar-refractivity contribution in [3.63, 3.8) is 0 Å². The fourth-order valence-corrected chi connectivity index (χ4v) is 5.59. The van der Waals surface area contributed by atoms with Gasteiger partial charge in [0.2, 0.25) is 0 Å². The summed E-state index contributed by atoms with van der Waals surface area (Å²) in [5, 5.41) is 9.54. The van der Waals surface area contributed by atoms with Gasteiger partial charge >= 0.3 is 6.09 Å². The highest BCUT2D eigenvalue weighted by molar-refractivity contribution is 5.95. The zero-order valence-electron chi connectivity index (χ0n) is 23.6. The molecular weight excluding hydrogens is 510 g/mol. The van der Waals surface area contributed by atoms with Crippen molar-refractivity contribution in [1.29, 1.82) is 0 Å². The molecule has 10 nitrogen and oxygen atoms in total. The van der Waals surface area contributed by atoms with Gasteiger partial charge in [-0.2, -0.15) is 0 Å². The van der Waals surface area contributed by atoms with Crippen LogP contribution in [0.2, 0.25) is 0 Å². The number of aliphatic hydroxyl groups excluding tert-OH is 1. The van der Waals surface area contributed by atoms with Crippen LogP contribution in [-0.2, 0) is 4.74 Å². The standard InChI is InChI=1S/C30H39N5O5/c1-30(2,3)40-29(39)33-15-12-24(13-16-33)35(23-10-11-23)28(38)22-17-31-26(32-18-22)20-6-8-21(9-7-20)27(37)34-14-4-5-25(34)19-36/h6-9,17-18,23-25,36H,4-5,10-16,19H2,1-3H3. The van der Waals surface area contributed by atoms with E-state index in [0.717, 1.165) is 31.2 Å². The average Bonchev–Trinajstić information content (AvgIpc) is 3.66. The van der Waals surface area contributed by atoms with E-state index in [4.69, 9.17) is 4.74 Å². The topological polar surface area (TPSA) is 116 Å². The Morgan fingerprint density at radius 2 is 1.55 bits per heavy atom. The van der Waals surface area contributed by atoms with Crippen LogP contribution in [-0.4, -0.2) is 97.6 Å². The summed E-state index contributed by atoms with van der Waals surface area (Å²) in [4.78, 5) is 53.2. The predicted molar refractivity (Wildman–Crippen MR) is 149 cm³/mol. The van der Waals surface area contributed by atoms with Crippen molar-refractivity contribution < 1.29 is 24.2 Å². The van der Waals surface area contributed by atoms with Gasteiger partial charge < -0.3 is 24.5 Å². The van der Waals surface area contributed by atoms with Gasteiger partial charge in [-0.25, -0.2) is 14.8 Å². The second kappa shape index (κ2) is 11.5. The molecule has 0 radical (unpaired) electrons. The van der Waals surface area contributed by atoms with Crippen LogP contribution >= 0.6 is 0 Å². The molecule has 5 rings (SSSR count). The molecule has 0 bridgehead atoms. The lowest BCUT2D eigenvalue weighted by Crippen LogP contribution is -2.50. The molecule has 2 aromatic rings. The van der Waals surface area contributed by atoms with E-state index in [9.17, 15) is 19.5 Å². The largest absolute Gasteiger partial charge is 0.444 e. The number of rotatable bonds is 6. The van der Waals surface area contributed by atoms with Gasteiger partial charge in [0.15, 0.2) is 5.82 Å². The third-order valence-corrected chi connectivity index (χ3v) is 7.82. The highest BCUT2D eigenvalue weighted by atomic mass is 16.6. The first-order valence-corrected chi connectivity index (χ1v) is 14.3. The molecule has 2 aliphatic heterocycles. The number of aliphatic hydroxyl groups is 1. The number of ether oxygens (including phenoxy) is 1. The molecule has 10 heteroatoms. The van der Waals surface area contributed by atoms with Crippen molar-refractivity contribution in [2.24, 2.45) is 0 Å². The fourth-order valence-electron chi connectivity index (χ4n) is 5.59. The van der Waals surface area contributed by atoms with Gasteiger partial charge in [-0.3, -0.25) is 9.59 Å². The van der Waals surface area contributed by atoms with E-state index in [2.05, 4.69) is 9.97 Å². The molecular formula is C30H39N5O5. The Kier molecular flexibility index (Phi) is 8.07. The van der Waals surface area contributed by atoms with E-state index in [1.807, 2.05) is 37.8 Å². The summed E-state index contributed by atoms with van der Waals surface area (Å²) in [6, 6.07) is 7.29. The van der Waals surface area contributed by atoms with Crippen LogP contribution in [0.15, 0.2) is 36.7 Å². The second-order valence-electron chi connectivity index (χ2n) is 12.0. The van der Waals surface area contributed by atoms with Crippen LogP contribution in [0.5, 0.6) is 0 Å². The number of hydrogen-bond acceptors (Lipinski definition) is 7. The highest BCUT2D eigenvalue weighted by Gasteiger charge is 2.40. The van der Waals surface area contributed by atoms with Gasteiger partial charge in [0.25, 0.3) is 11.8 Å². The number of aromatic nitrogens is 2. The molecule has 214 valence electrons. The third-order valence-electron chi connectivity index (χ3n) is 7.82. The van der Waals surface area contributed by atoms with Crippen molar-refractivity contribution in [3.8, 4) is 11.4 Å². The maximum Gasteiger partial charge on any atom is 0.410 e. The van der Waals surface area contributed by atoms with Crippen LogP contribution in [0, 0.1) is 0 Å². The van der Waals surface area contributed by atoms with Gasteiger partial charge in [-0.1, -0.05) is 12.1 Å².